The van der Waals surface area contributed by atoms with E-state index in [9.17, 15) is 0 Å². The standard InChI is InChI=1S/C14H10BrN5O/c15-12-6-5-11(21-12)10-7-13(16)20(19-10)14-17-8-3-1-2-4-9(8)18-14/h1-7H,16H2,(H,17,18). The lowest BCUT2D eigenvalue weighted by atomic mass is 10.3. The lowest BCUT2D eigenvalue weighted by molar-refractivity contribution is 0.553. The molecule has 0 atom stereocenters. The first-order chi connectivity index (χ1) is 10.2. The third-order valence-corrected chi connectivity index (χ3v) is 3.57. The number of benzene rings is 1. The van der Waals surface area contributed by atoms with Gasteiger partial charge in [0.15, 0.2) is 10.4 Å². The van der Waals surface area contributed by atoms with Crippen LogP contribution in [0.2, 0.25) is 0 Å². The van der Waals surface area contributed by atoms with Crippen molar-refractivity contribution >= 4 is 32.8 Å². The summed E-state index contributed by atoms with van der Waals surface area (Å²) in [4.78, 5) is 7.67. The SMILES string of the molecule is Nc1cc(-c2ccc(Br)o2)nn1-c1nc2ccccc2[nH]1. The second-order valence-electron chi connectivity index (χ2n) is 4.55. The Kier molecular flexibility index (Phi) is 2.61. The number of H-pyrrole nitrogens is 1. The van der Waals surface area contributed by atoms with Crippen LogP contribution in [0.25, 0.3) is 28.4 Å². The Morgan fingerprint density at radius 3 is 2.81 bits per heavy atom. The van der Waals surface area contributed by atoms with Crippen molar-refractivity contribution in [2.45, 2.75) is 0 Å². The second kappa shape index (κ2) is 4.49. The van der Waals surface area contributed by atoms with Crippen LogP contribution in [0, 0.1) is 0 Å². The fraction of sp³-hybridized carbons (Fsp3) is 0. The number of fused-ring (bicyclic) bond motifs is 1. The number of aromatic amines is 1. The maximum atomic E-state index is 6.03. The number of aromatic nitrogens is 4. The summed E-state index contributed by atoms with van der Waals surface area (Å²) in [6.07, 6.45) is 0. The van der Waals surface area contributed by atoms with Gasteiger partial charge >= 0.3 is 0 Å². The highest BCUT2D eigenvalue weighted by atomic mass is 79.9. The zero-order valence-corrected chi connectivity index (χ0v) is 12.3. The van der Waals surface area contributed by atoms with Crippen LogP contribution in [0.3, 0.4) is 0 Å². The van der Waals surface area contributed by atoms with E-state index < -0.39 is 0 Å². The van der Waals surface area contributed by atoms with Crippen LogP contribution >= 0.6 is 15.9 Å². The first-order valence-electron chi connectivity index (χ1n) is 6.27. The summed E-state index contributed by atoms with van der Waals surface area (Å²) in [5, 5.41) is 4.44. The van der Waals surface area contributed by atoms with Crippen LogP contribution in [0.1, 0.15) is 0 Å². The van der Waals surface area contributed by atoms with Crippen molar-refractivity contribution in [2.24, 2.45) is 0 Å². The summed E-state index contributed by atoms with van der Waals surface area (Å²) in [5.74, 6) is 1.70. The average Bonchev–Trinajstić information content (AvgIpc) is 3.15. The predicted molar refractivity (Wildman–Crippen MR) is 83.0 cm³/mol. The van der Waals surface area contributed by atoms with E-state index in [2.05, 4.69) is 31.0 Å². The van der Waals surface area contributed by atoms with Gasteiger partial charge in [-0.1, -0.05) is 12.1 Å². The summed E-state index contributed by atoms with van der Waals surface area (Å²) in [6.45, 7) is 0. The van der Waals surface area contributed by atoms with Crippen molar-refractivity contribution in [1.82, 2.24) is 19.7 Å². The molecular formula is C14H10BrN5O. The molecule has 21 heavy (non-hydrogen) atoms. The highest BCUT2D eigenvalue weighted by Crippen LogP contribution is 2.26. The van der Waals surface area contributed by atoms with Crippen LogP contribution in [-0.4, -0.2) is 19.7 Å². The zero-order valence-electron chi connectivity index (χ0n) is 10.7. The summed E-state index contributed by atoms with van der Waals surface area (Å²) >= 11 is 3.27. The van der Waals surface area contributed by atoms with Crippen LogP contribution < -0.4 is 5.73 Å². The van der Waals surface area contributed by atoms with Gasteiger partial charge in [-0.3, -0.25) is 0 Å². The molecule has 0 bridgehead atoms. The van der Waals surface area contributed by atoms with Gasteiger partial charge in [-0.15, -0.1) is 0 Å². The molecule has 0 aliphatic heterocycles. The van der Waals surface area contributed by atoms with E-state index in [4.69, 9.17) is 10.2 Å². The summed E-state index contributed by atoms with van der Waals surface area (Å²) < 4.78 is 7.70. The molecule has 0 fully saturated rings. The van der Waals surface area contributed by atoms with Crippen LogP contribution in [0.4, 0.5) is 5.82 Å². The topological polar surface area (TPSA) is 85.7 Å². The number of halogens is 1. The minimum atomic E-state index is 0.483. The van der Waals surface area contributed by atoms with E-state index in [0.29, 0.717) is 27.9 Å². The molecule has 0 spiro atoms. The molecule has 4 rings (SSSR count). The molecule has 7 heteroatoms. The summed E-state index contributed by atoms with van der Waals surface area (Å²) in [6, 6.07) is 13.2. The number of anilines is 1. The van der Waals surface area contributed by atoms with Crippen molar-refractivity contribution < 1.29 is 4.42 Å². The Morgan fingerprint density at radius 1 is 1.19 bits per heavy atom. The summed E-state index contributed by atoms with van der Waals surface area (Å²) in [7, 11) is 0. The molecule has 0 amide bonds. The first kappa shape index (κ1) is 12.2. The Labute approximate surface area is 127 Å². The third-order valence-electron chi connectivity index (χ3n) is 3.14. The Hall–Kier alpha value is -2.54. The number of nitrogens with zero attached hydrogens (tertiary/aromatic N) is 3. The minimum Gasteiger partial charge on any atom is -0.448 e. The van der Waals surface area contributed by atoms with Gasteiger partial charge in [0.05, 0.1) is 11.0 Å². The predicted octanol–water partition coefficient (Wildman–Crippen LogP) is 3.35. The van der Waals surface area contributed by atoms with Crippen molar-refractivity contribution in [1.29, 1.82) is 0 Å². The number of rotatable bonds is 2. The van der Waals surface area contributed by atoms with Crippen molar-refractivity contribution in [3.8, 4) is 17.4 Å². The largest absolute Gasteiger partial charge is 0.448 e. The van der Waals surface area contributed by atoms with Crippen LogP contribution in [0.15, 0.2) is 51.6 Å². The second-order valence-corrected chi connectivity index (χ2v) is 5.33. The molecule has 1 aromatic carbocycles. The van der Waals surface area contributed by atoms with Crippen LogP contribution in [0.5, 0.6) is 0 Å². The fourth-order valence-electron chi connectivity index (χ4n) is 2.18. The van der Waals surface area contributed by atoms with Crippen LogP contribution in [-0.2, 0) is 0 Å². The lowest BCUT2D eigenvalue weighted by Crippen LogP contribution is -2.03. The molecule has 0 saturated carbocycles. The van der Waals surface area contributed by atoms with Crippen molar-refractivity contribution in [2.75, 3.05) is 5.73 Å². The smallest absolute Gasteiger partial charge is 0.231 e. The maximum Gasteiger partial charge on any atom is 0.231 e. The first-order valence-corrected chi connectivity index (χ1v) is 7.06. The quantitative estimate of drug-likeness (QED) is 0.584. The fourth-order valence-corrected chi connectivity index (χ4v) is 2.48. The van der Waals surface area contributed by atoms with Crippen molar-refractivity contribution in [3.05, 3.63) is 47.1 Å². The van der Waals surface area contributed by atoms with Gasteiger partial charge in [-0.2, -0.15) is 9.78 Å². The normalized spacial score (nSPS) is 11.3. The van der Waals surface area contributed by atoms with Gasteiger partial charge in [0.25, 0.3) is 0 Å². The molecule has 0 unspecified atom stereocenters. The zero-order chi connectivity index (χ0) is 14.4. The van der Waals surface area contributed by atoms with Gasteiger partial charge in [0.1, 0.15) is 11.5 Å². The number of furan rings is 1. The van der Waals surface area contributed by atoms with E-state index >= 15 is 0 Å². The van der Waals surface area contributed by atoms with Gasteiger partial charge in [-0.05, 0) is 40.2 Å². The number of para-hydroxylation sites is 2. The molecule has 3 aromatic heterocycles. The Morgan fingerprint density at radius 2 is 2.05 bits per heavy atom. The average molecular weight is 344 g/mol. The number of nitrogens with two attached hydrogens (primary N) is 1. The highest BCUT2D eigenvalue weighted by Gasteiger charge is 2.14. The number of imidazole rings is 1. The number of hydrogen-bond donors (Lipinski definition) is 2. The Bertz CT molecular complexity index is 903. The monoisotopic (exact) mass is 343 g/mol. The maximum absolute atomic E-state index is 6.03. The van der Waals surface area contributed by atoms with E-state index in [1.165, 1.54) is 0 Å². The Balaban J connectivity index is 1.83. The number of nitrogens with one attached hydrogen (secondary N) is 1. The highest BCUT2D eigenvalue weighted by molar-refractivity contribution is 9.10. The molecular weight excluding hydrogens is 334 g/mol. The molecule has 3 N–H and O–H groups in total. The van der Waals surface area contributed by atoms with Crippen molar-refractivity contribution in [3.63, 3.8) is 0 Å². The molecule has 0 saturated heterocycles. The number of nitrogen functional groups attached to an aromatic ring is 1. The van der Waals surface area contributed by atoms with E-state index in [0.717, 1.165) is 11.0 Å². The van der Waals surface area contributed by atoms with E-state index in [1.807, 2.05) is 36.4 Å². The van der Waals surface area contributed by atoms with Gasteiger partial charge in [0, 0.05) is 6.07 Å². The third kappa shape index (κ3) is 2.02. The summed E-state index contributed by atoms with van der Waals surface area (Å²) in [5.41, 5.74) is 8.48. The molecule has 4 aromatic rings. The minimum absolute atomic E-state index is 0.483. The number of hydrogen-bond acceptors (Lipinski definition) is 4. The molecule has 0 aliphatic rings. The molecule has 6 nitrogen and oxygen atoms in total. The van der Waals surface area contributed by atoms with E-state index in [1.54, 1.807) is 10.7 Å². The van der Waals surface area contributed by atoms with Gasteiger partial charge in [0.2, 0.25) is 5.95 Å². The molecule has 3 heterocycles. The lowest BCUT2D eigenvalue weighted by Gasteiger charge is -1.97. The van der Waals surface area contributed by atoms with E-state index in [-0.39, 0.29) is 0 Å². The molecule has 0 radical (unpaired) electrons. The van der Waals surface area contributed by atoms with Gasteiger partial charge < -0.3 is 15.1 Å². The molecule has 104 valence electrons. The molecule has 0 aliphatic carbocycles. The van der Waals surface area contributed by atoms with Gasteiger partial charge in [-0.25, -0.2) is 4.98 Å².